The number of nitrogens with zero attached hydrogens (tertiary/aromatic N) is 1. The van der Waals surface area contributed by atoms with Gasteiger partial charge in [0.15, 0.2) is 14.9 Å². The molecule has 0 fully saturated rings. The lowest BCUT2D eigenvalue weighted by atomic mass is 10.1. The summed E-state index contributed by atoms with van der Waals surface area (Å²) in [5.41, 5.74) is -1.39. The van der Waals surface area contributed by atoms with Crippen LogP contribution in [-0.4, -0.2) is 25.7 Å². The molecule has 0 aliphatic carbocycles. The highest BCUT2D eigenvalue weighted by Crippen LogP contribution is 2.32. The van der Waals surface area contributed by atoms with Crippen molar-refractivity contribution in [1.82, 2.24) is 0 Å². The molecule has 23 heavy (non-hydrogen) atoms. The number of alkyl halides is 2. The minimum absolute atomic E-state index is 0.0114. The Bertz CT molecular complexity index is 750. The number of rotatable bonds is 4. The van der Waals surface area contributed by atoms with Crippen LogP contribution in [0.15, 0.2) is 17.3 Å². The van der Waals surface area contributed by atoms with Crippen LogP contribution in [-0.2, 0) is 20.4 Å². The van der Waals surface area contributed by atoms with Gasteiger partial charge < -0.3 is 9.57 Å². The molecule has 128 valence electrons. The van der Waals surface area contributed by atoms with Crippen molar-refractivity contribution in [2.24, 2.45) is 5.16 Å². The predicted octanol–water partition coefficient (Wildman–Crippen LogP) is 3.51. The molecule has 1 aliphatic heterocycles. The minimum Gasteiger partial charge on any atom is -0.434 e. The maximum Gasteiger partial charge on any atom is 0.387 e. The van der Waals surface area contributed by atoms with Gasteiger partial charge in [-0.3, -0.25) is 0 Å². The highest BCUT2D eigenvalue weighted by Gasteiger charge is 2.37. The standard InChI is InChI=1S/C13H13ClF3NO4S/c1-13(2)5-10(18-22-13)23(19,20)6-7-9(21-12(16)17)4-3-8(14)11(7)15/h3-4,12H,5-6H2,1-2H3. The average molecular weight is 372 g/mol. The molecule has 0 bridgehead atoms. The van der Waals surface area contributed by atoms with Crippen molar-refractivity contribution in [2.75, 3.05) is 0 Å². The fraction of sp³-hybridized carbons (Fsp3) is 0.462. The first-order chi connectivity index (χ1) is 10.5. The van der Waals surface area contributed by atoms with E-state index in [0.29, 0.717) is 0 Å². The van der Waals surface area contributed by atoms with E-state index in [0.717, 1.165) is 12.1 Å². The van der Waals surface area contributed by atoms with Crippen LogP contribution < -0.4 is 4.74 Å². The maximum atomic E-state index is 14.1. The number of halogens is 4. The molecule has 0 atom stereocenters. The summed E-state index contributed by atoms with van der Waals surface area (Å²) in [7, 11) is -4.08. The van der Waals surface area contributed by atoms with Crippen LogP contribution in [0.3, 0.4) is 0 Å². The van der Waals surface area contributed by atoms with Crippen LogP contribution >= 0.6 is 11.6 Å². The molecule has 5 nitrogen and oxygen atoms in total. The molecule has 0 radical (unpaired) electrons. The van der Waals surface area contributed by atoms with Gasteiger partial charge in [-0.2, -0.15) is 8.78 Å². The van der Waals surface area contributed by atoms with Crippen molar-refractivity contribution in [3.63, 3.8) is 0 Å². The Kier molecular flexibility index (Phi) is 4.81. The van der Waals surface area contributed by atoms with E-state index in [1.54, 1.807) is 13.8 Å². The zero-order valence-electron chi connectivity index (χ0n) is 12.1. The summed E-state index contributed by atoms with van der Waals surface area (Å²) >= 11 is 5.59. The highest BCUT2D eigenvalue weighted by molar-refractivity contribution is 8.05. The molecule has 10 heteroatoms. The SMILES string of the molecule is CC1(C)CC(S(=O)(=O)Cc2c(OC(F)F)ccc(Cl)c2F)=NO1. The normalized spacial score (nSPS) is 17.1. The Balaban J connectivity index is 2.37. The lowest BCUT2D eigenvalue weighted by Gasteiger charge is -2.14. The van der Waals surface area contributed by atoms with E-state index in [2.05, 4.69) is 9.89 Å². The van der Waals surface area contributed by atoms with Crippen LogP contribution in [0.2, 0.25) is 5.02 Å². The first-order valence-electron chi connectivity index (χ1n) is 6.41. The van der Waals surface area contributed by atoms with E-state index in [4.69, 9.17) is 16.4 Å². The molecule has 0 aromatic heterocycles. The lowest BCUT2D eigenvalue weighted by Crippen LogP contribution is -2.23. The molecule has 1 heterocycles. The molecule has 0 N–H and O–H groups in total. The quantitative estimate of drug-likeness (QED) is 0.812. The van der Waals surface area contributed by atoms with Crippen molar-refractivity contribution in [2.45, 2.75) is 38.2 Å². The predicted molar refractivity (Wildman–Crippen MR) is 77.9 cm³/mol. The second-order valence-electron chi connectivity index (χ2n) is 5.49. The third-order valence-electron chi connectivity index (χ3n) is 3.03. The molecular weight excluding hydrogens is 359 g/mol. The lowest BCUT2D eigenvalue weighted by molar-refractivity contribution is -0.0505. The van der Waals surface area contributed by atoms with E-state index in [-0.39, 0.29) is 11.5 Å². The zero-order valence-corrected chi connectivity index (χ0v) is 13.7. The summed E-state index contributed by atoms with van der Waals surface area (Å²) in [4.78, 5) is 4.96. The van der Waals surface area contributed by atoms with Crippen molar-refractivity contribution >= 4 is 26.5 Å². The van der Waals surface area contributed by atoms with E-state index >= 15 is 0 Å². The molecule has 1 aromatic carbocycles. The maximum absolute atomic E-state index is 14.1. The molecule has 1 aromatic rings. The van der Waals surface area contributed by atoms with Gasteiger partial charge in [0.2, 0.25) is 0 Å². The Morgan fingerprint density at radius 1 is 1.43 bits per heavy atom. The van der Waals surface area contributed by atoms with E-state index < -0.39 is 50.0 Å². The zero-order chi connectivity index (χ0) is 17.4. The van der Waals surface area contributed by atoms with Crippen molar-refractivity contribution < 1.29 is 31.2 Å². The molecule has 0 saturated carbocycles. The fourth-order valence-electron chi connectivity index (χ4n) is 1.96. The van der Waals surface area contributed by atoms with Crippen LogP contribution in [0, 0.1) is 5.82 Å². The summed E-state index contributed by atoms with van der Waals surface area (Å²) < 4.78 is 67.7. The Labute approximate surface area is 135 Å². The summed E-state index contributed by atoms with van der Waals surface area (Å²) in [6, 6.07) is 1.99. The van der Waals surface area contributed by atoms with E-state index in [1.807, 2.05) is 0 Å². The summed E-state index contributed by atoms with van der Waals surface area (Å²) in [5.74, 6) is -2.64. The Hall–Kier alpha value is -1.48. The van der Waals surface area contributed by atoms with Gasteiger partial charge in [0, 0.05) is 12.0 Å². The van der Waals surface area contributed by atoms with E-state index in [1.165, 1.54) is 0 Å². The van der Waals surface area contributed by atoms with Crippen molar-refractivity contribution in [1.29, 1.82) is 0 Å². The topological polar surface area (TPSA) is 65.0 Å². The van der Waals surface area contributed by atoms with Crippen LogP contribution in [0.5, 0.6) is 5.75 Å². The largest absolute Gasteiger partial charge is 0.434 e. The summed E-state index contributed by atoms with van der Waals surface area (Å²) in [6.45, 7) is 0.0254. The molecule has 0 unspecified atom stereocenters. The molecule has 0 amide bonds. The summed E-state index contributed by atoms with van der Waals surface area (Å²) in [6.07, 6.45) is -0.0114. The average Bonchev–Trinajstić information content (AvgIpc) is 2.79. The third-order valence-corrected chi connectivity index (χ3v) is 4.93. The number of benzene rings is 1. The Morgan fingerprint density at radius 3 is 2.61 bits per heavy atom. The van der Waals surface area contributed by atoms with Crippen molar-refractivity contribution in [3.8, 4) is 5.75 Å². The molecule has 1 aliphatic rings. The first-order valence-corrected chi connectivity index (χ1v) is 8.44. The monoisotopic (exact) mass is 371 g/mol. The number of ether oxygens (including phenoxy) is 1. The third kappa shape index (κ3) is 4.08. The number of sulfone groups is 1. The van der Waals surface area contributed by atoms with Crippen LogP contribution in [0.25, 0.3) is 0 Å². The second kappa shape index (κ2) is 6.20. The van der Waals surface area contributed by atoms with Gasteiger partial charge in [0.05, 0.1) is 10.8 Å². The first kappa shape index (κ1) is 17.9. The summed E-state index contributed by atoms with van der Waals surface area (Å²) in [5, 5.41) is 2.80. The number of oxime groups is 1. The van der Waals surface area contributed by atoms with Gasteiger partial charge >= 0.3 is 6.61 Å². The van der Waals surface area contributed by atoms with Crippen LogP contribution in [0.4, 0.5) is 13.2 Å². The molecule has 2 rings (SSSR count). The van der Waals surface area contributed by atoms with Crippen molar-refractivity contribution in [3.05, 3.63) is 28.5 Å². The minimum atomic E-state index is -4.08. The Morgan fingerprint density at radius 2 is 2.09 bits per heavy atom. The fourth-order valence-corrected chi connectivity index (χ4v) is 3.67. The molecule has 0 saturated heterocycles. The van der Waals surface area contributed by atoms with Gasteiger partial charge in [0.25, 0.3) is 0 Å². The van der Waals surface area contributed by atoms with Gasteiger partial charge in [0.1, 0.15) is 17.2 Å². The van der Waals surface area contributed by atoms with Gasteiger partial charge in [-0.25, -0.2) is 12.8 Å². The van der Waals surface area contributed by atoms with Crippen LogP contribution in [0.1, 0.15) is 25.8 Å². The number of hydrogen-bond donors (Lipinski definition) is 0. The highest BCUT2D eigenvalue weighted by atomic mass is 35.5. The van der Waals surface area contributed by atoms with E-state index in [9.17, 15) is 21.6 Å². The smallest absolute Gasteiger partial charge is 0.387 e. The van der Waals surface area contributed by atoms with Gasteiger partial charge in [-0.15, -0.1) is 0 Å². The number of hydrogen-bond acceptors (Lipinski definition) is 5. The molecule has 0 spiro atoms. The second-order valence-corrected chi connectivity index (χ2v) is 7.89. The van der Waals surface area contributed by atoms with Gasteiger partial charge in [-0.1, -0.05) is 16.8 Å². The molecular formula is C13H13ClF3NO4S. The van der Waals surface area contributed by atoms with Gasteiger partial charge in [-0.05, 0) is 26.0 Å².